The van der Waals surface area contributed by atoms with Crippen LogP contribution in [0.5, 0.6) is 0 Å². The highest BCUT2D eigenvalue weighted by molar-refractivity contribution is 5.21. The Morgan fingerprint density at radius 3 is 2.88 bits per heavy atom. The van der Waals surface area contributed by atoms with Gasteiger partial charge in [-0.05, 0) is 17.3 Å². The molecule has 0 aliphatic carbocycles. The van der Waals surface area contributed by atoms with E-state index in [1.54, 1.807) is 6.07 Å². The molecule has 0 fully saturated rings. The molecular weight excluding hydrogens is 106 g/mol. The van der Waals surface area contributed by atoms with E-state index in [4.69, 9.17) is 0 Å². The van der Waals surface area contributed by atoms with Crippen LogP contribution in [0.4, 0.5) is 5.82 Å². The van der Waals surface area contributed by atoms with Crippen molar-refractivity contribution in [3.05, 3.63) is 23.2 Å². The zero-order valence-electron chi connectivity index (χ0n) is 3.98. The lowest BCUT2D eigenvalue weighted by molar-refractivity contribution is 1.02. The van der Waals surface area contributed by atoms with Crippen molar-refractivity contribution in [3.8, 4) is 0 Å². The van der Waals surface area contributed by atoms with Crippen molar-refractivity contribution in [2.45, 2.75) is 0 Å². The number of hydrogen-bond acceptors (Lipinski definition) is 4. The molecule has 0 saturated carbocycles. The molecule has 1 heterocycles. The summed E-state index contributed by atoms with van der Waals surface area (Å²) >= 11 is 0. The lowest BCUT2D eigenvalue weighted by Gasteiger charge is -1.78. The smallest absolute Gasteiger partial charge is 0.157 e. The Labute approximate surface area is 45.5 Å². The summed E-state index contributed by atoms with van der Waals surface area (Å²) in [6.07, 6.45) is 1.48. The van der Waals surface area contributed by atoms with Crippen LogP contribution < -0.4 is 0 Å². The number of rotatable bonds is 1. The molecule has 0 radical (unpaired) electrons. The standard InChI is InChI=1S/C4H3N3O/c8-7-4-2-1-3-5-6-4/h1-3H. The highest BCUT2D eigenvalue weighted by Gasteiger charge is 1.84. The molecular formula is C4H3N3O. The zero-order chi connectivity index (χ0) is 5.82. The number of nitrogens with zero attached hydrogens (tertiary/aromatic N) is 3. The molecule has 1 aromatic rings. The summed E-state index contributed by atoms with van der Waals surface area (Å²) in [5, 5.41) is 9.33. The van der Waals surface area contributed by atoms with Gasteiger partial charge in [0.25, 0.3) is 0 Å². The minimum absolute atomic E-state index is 0.118. The van der Waals surface area contributed by atoms with Gasteiger partial charge in [0, 0.05) is 6.20 Å². The lowest BCUT2D eigenvalue weighted by atomic mass is 10.6. The van der Waals surface area contributed by atoms with Gasteiger partial charge in [0.15, 0.2) is 0 Å². The van der Waals surface area contributed by atoms with Crippen LogP contribution in [-0.2, 0) is 0 Å². The SMILES string of the molecule is O=Nc1cccnn1. The molecule has 0 unspecified atom stereocenters. The van der Waals surface area contributed by atoms with E-state index in [1.165, 1.54) is 12.3 Å². The van der Waals surface area contributed by atoms with Gasteiger partial charge in [-0.15, -0.1) is 10.0 Å². The fourth-order valence-electron chi connectivity index (χ4n) is 0.342. The monoisotopic (exact) mass is 109 g/mol. The Morgan fingerprint density at radius 2 is 2.50 bits per heavy atom. The Bertz CT molecular complexity index is 174. The van der Waals surface area contributed by atoms with Crippen LogP contribution in [0.25, 0.3) is 0 Å². The number of hydrogen-bond donors (Lipinski definition) is 0. The Hall–Kier alpha value is -1.32. The molecule has 4 heteroatoms. The van der Waals surface area contributed by atoms with E-state index in [0.29, 0.717) is 0 Å². The van der Waals surface area contributed by atoms with Gasteiger partial charge in [-0.3, -0.25) is 0 Å². The quantitative estimate of drug-likeness (QED) is 0.503. The third-order valence-electron chi connectivity index (χ3n) is 0.652. The van der Waals surface area contributed by atoms with Crippen LogP contribution in [0, 0.1) is 4.91 Å². The molecule has 0 aliphatic heterocycles. The molecule has 1 aromatic heterocycles. The van der Waals surface area contributed by atoms with Crippen molar-refractivity contribution >= 4 is 5.82 Å². The van der Waals surface area contributed by atoms with E-state index >= 15 is 0 Å². The number of aromatic nitrogens is 2. The molecule has 0 saturated heterocycles. The van der Waals surface area contributed by atoms with Crippen LogP contribution in [-0.4, -0.2) is 10.2 Å². The average molecular weight is 109 g/mol. The Kier molecular flexibility index (Phi) is 1.27. The minimum atomic E-state index is 0.118. The van der Waals surface area contributed by atoms with E-state index in [1.807, 2.05) is 0 Å². The molecule has 0 aliphatic rings. The van der Waals surface area contributed by atoms with Gasteiger partial charge in [-0.1, -0.05) is 0 Å². The predicted molar refractivity (Wildman–Crippen MR) is 27.5 cm³/mol. The maximum absolute atomic E-state index is 9.65. The topological polar surface area (TPSA) is 55.2 Å². The zero-order valence-corrected chi connectivity index (χ0v) is 3.98. The largest absolute Gasteiger partial charge is 0.218 e. The second kappa shape index (κ2) is 2.11. The van der Waals surface area contributed by atoms with Crippen molar-refractivity contribution in [1.82, 2.24) is 10.2 Å². The summed E-state index contributed by atoms with van der Waals surface area (Å²) in [7, 11) is 0. The van der Waals surface area contributed by atoms with Gasteiger partial charge < -0.3 is 0 Å². The molecule has 0 amide bonds. The van der Waals surface area contributed by atoms with Crippen LogP contribution in [0.3, 0.4) is 0 Å². The third kappa shape index (κ3) is 0.841. The second-order valence-corrected chi connectivity index (χ2v) is 1.17. The maximum Gasteiger partial charge on any atom is 0.218 e. The highest BCUT2D eigenvalue weighted by Crippen LogP contribution is 1.99. The van der Waals surface area contributed by atoms with E-state index in [0.717, 1.165) is 0 Å². The van der Waals surface area contributed by atoms with Crippen molar-refractivity contribution in [2.24, 2.45) is 5.18 Å². The minimum Gasteiger partial charge on any atom is -0.157 e. The molecule has 0 spiro atoms. The molecule has 1 rings (SSSR count). The average Bonchev–Trinajstić information content (AvgIpc) is 1.90. The third-order valence-corrected chi connectivity index (χ3v) is 0.652. The summed E-state index contributed by atoms with van der Waals surface area (Å²) in [4.78, 5) is 9.65. The van der Waals surface area contributed by atoms with Crippen molar-refractivity contribution < 1.29 is 0 Å². The van der Waals surface area contributed by atoms with Gasteiger partial charge in [0.2, 0.25) is 5.82 Å². The molecule has 0 aromatic carbocycles. The first-order valence-electron chi connectivity index (χ1n) is 2.04. The van der Waals surface area contributed by atoms with Gasteiger partial charge in [0.05, 0.1) is 0 Å². The summed E-state index contributed by atoms with van der Waals surface area (Å²) in [6.45, 7) is 0. The summed E-state index contributed by atoms with van der Waals surface area (Å²) in [5.41, 5.74) is 0. The lowest BCUT2D eigenvalue weighted by Crippen LogP contribution is -1.74. The normalized spacial score (nSPS) is 8.50. The van der Waals surface area contributed by atoms with E-state index in [2.05, 4.69) is 15.4 Å². The van der Waals surface area contributed by atoms with E-state index < -0.39 is 0 Å². The van der Waals surface area contributed by atoms with Gasteiger partial charge in [0.1, 0.15) is 0 Å². The maximum atomic E-state index is 9.65. The van der Waals surface area contributed by atoms with Crippen molar-refractivity contribution in [1.29, 1.82) is 0 Å². The van der Waals surface area contributed by atoms with Crippen molar-refractivity contribution in [2.75, 3.05) is 0 Å². The van der Waals surface area contributed by atoms with E-state index in [-0.39, 0.29) is 5.82 Å². The van der Waals surface area contributed by atoms with Crippen LogP contribution in [0.15, 0.2) is 23.5 Å². The fourth-order valence-corrected chi connectivity index (χ4v) is 0.342. The molecule has 8 heavy (non-hydrogen) atoms. The molecule has 0 bridgehead atoms. The molecule has 0 N–H and O–H groups in total. The highest BCUT2D eigenvalue weighted by atomic mass is 16.3. The van der Waals surface area contributed by atoms with Crippen LogP contribution in [0.1, 0.15) is 0 Å². The molecule has 40 valence electrons. The second-order valence-electron chi connectivity index (χ2n) is 1.17. The first kappa shape index (κ1) is 4.83. The summed E-state index contributed by atoms with van der Waals surface area (Å²) in [5.74, 6) is 0.118. The van der Waals surface area contributed by atoms with Gasteiger partial charge in [-0.2, -0.15) is 5.10 Å². The van der Waals surface area contributed by atoms with Crippen molar-refractivity contribution in [3.63, 3.8) is 0 Å². The van der Waals surface area contributed by atoms with E-state index in [9.17, 15) is 4.91 Å². The van der Waals surface area contributed by atoms with Crippen LogP contribution in [0.2, 0.25) is 0 Å². The summed E-state index contributed by atoms with van der Waals surface area (Å²) < 4.78 is 0. The molecule has 0 atom stereocenters. The first-order chi connectivity index (χ1) is 3.93. The summed E-state index contributed by atoms with van der Waals surface area (Å²) in [6, 6.07) is 3.09. The molecule has 4 nitrogen and oxygen atoms in total. The van der Waals surface area contributed by atoms with Gasteiger partial charge in [-0.25, -0.2) is 0 Å². The Balaban J connectivity index is 2.99. The fraction of sp³-hybridized carbons (Fsp3) is 0. The van der Waals surface area contributed by atoms with Crippen LogP contribution >= 0.6 is 0 Å². The number of nitroso groups, excluding NO2 is 1. The van der Waals surface area contributed by atoms with Gasteiger partial charge >= 0.3 is 0 Å². The Morgan fingerprint density at radius 1 is 1.62 bits per heavy atom. The first-order valence-corrected chi connectivity index (χ1v) is 2.04. The predicted octanol–water partition coefficient (Wildman–Crippen LogP) is 0.874.